The summed E-state index contributed by atoms with van der Waals surface area (Å²) in [5.74, 6) is 0.122. The summed E-state index contributed by atoms with van der Waals surface area (Å²) in [6, 6.07) is 16.4. The van der Waals surface area contributed by atoms with E-state index in [0.717, 1.165) is 11.1 Å². The van der Waals surface area contributed by atoms with Crippen LogP contribution in [0.5, 0.6) is 0 Å². The summed E-state index contributed by atoms with van der Waals surface area (Å²) < 4.78 is 10.6. The fraction of sp³-hybridized carbons (Fsp3) is 0.125. The molecule has 0 fully saturated rings. The zero-order valence-electron chi connectivity index (χ0n) is 16.0. The molecule has 144 valence electrons. The number of allylic oxidation sites excluding steroid dienone is 4. The lowest BCUT2D eigenvalue weighted by molar-refractivity contribution is -0.135. The highest BCUT2D eigenvalue weighted by Gasteiger charge is 2.16. The molecule has 0 spiro atoms. The summed E-state index contributed by atoms with van der Waals surface area (Å²) in [6.07, 6.45) is 4.19. The van der Waals surface area contributed by atoms with Crippen LogP contribution in [0.2, 0.25) is 0 Å². The quantitative estimate of drug-likeness (QED) is 0.531. The molecule has 3 rings (SSSR count). The highest BCUT2D eigenvalue weighted by atomic mass is 16.5. The summed E-state index contributed by atoms with van der Waals surface area (Å²) in [6.45, 7) is 5.13. The fourth-order valence-corrected chi connectivity index (χ4v) is 2.69. The van der Waals surface area contributed by atoms with Crippen molar-refractivity contribution < 1.29 is 19.1 Å². The molecular weight excluding hydrogens is 366 g/mol. The monoisotopic (exact) mass is 385 g/mol. The van der Waals surface area contributed by atoms with Gasteiger partial charge in [0, 0.05) is 18.4 Å². The van der Waals surface area contributed by atoms with E-state index in [0.29, 0.717) is 41.1 Å². The van der Waals surface area contributed by atoms with Crippen molar-refractivity contribution in [3.05, 3.63) is 95.5 Å². The molecule has 2 aromatic carbocycles. The lowest BCUT2D eigenvalue weighted by Gasteiger charge is -2.15. The Morgan fingerprint density at radius 3 is 1.90 bits per heavy atom. The second kappa shape index (κ2) is 8.85. The largest absolute Gasteiger partial charge is 0.428 e. The molecule has 0 heterocycles. The molecule has 5 heteroatoms. The van der Waals surface area contributed by atoms with Gasteiger partial charge in [-0.25, -0.2) is 9.59 Å². The van der Waals surface area contributed by atoms with Crippen LogP contribution in [0.25, 0.3) is 11.1 Å². The first kappa shape index (κ1) is 19.8. The average molecular weight is 385 g/mol. The van der Waals surface area contributed by atoms with E-state index in [1.807, 2.05) is 24.3 Å². The maximum atomic E-state index is 12.4. The van der Waals surface area contributed by atoms with E-state index in [9.17, 15) is 9.59 Å². The third-order valence-electron chi connectivity index (χ3n) is 4.34. The maximum Gasteiger partial charge on any atom is 0.343 e. The number of carbonyl (C=O) groups is 2. The fourth-order valence-electron chi connectivity index (χ4n) is 2.69. The first-order chi connectivity index (χ1) is 14.0. The zero-order chi connectivity index (χ0) is 20.8. The van der Waals surface area contributed by atoms with Crippen molar-refractivity contribution in [3.63, 3.8) is 0 Å². The van der Waals surface area contributed by atoms with Crippen LogP contribution in [0, 0.1) is 11.3 Å². The second-order valence-corrected chi connectivity index (χ2v) is 6.59. The van der Waals surface area contributed by atoms with Gasteiger partial charge in [-0.2, -0.15) is 5.26 Å². The van der Waals surface area contributed by atoms with Gasteiger partial charge in [-0.3, -0.25) is 0 Å². The number of carbonyl (C=O) groups excluding carboxylic acids is 2. The molecular formula is C24H19NO4. The molecule has 29 heavy (non-hydrogen) atoms. The highest BCUT2D eigenvalue weighted by molar-refractivity contribution is 5.91. The standard InChI is InChI=1S/C24H19NO4/c1-16(2)23(26)28-21-11-13-22(14-12-21)29-24(27)20-9-7-19(8-10-20)18-5-3-17(15-25)4-6-18/h3-11,13H,1,12,14H2,2H3. The lowest BCUT2D eigenvalue weighted by atomic mass is 10.0. The molecule has 0 aromatic heterocycles. The number of hydrogen-bond acceptors (Lipinski definition) is 5. The molecule has 0 radical (unpaired) electrons. The maximum absolute atomic E-state index is 12.4. The van der Waals surface area contributed by atoms with Crippen LogP contribution in [-0.2, 0) is 14.3 Å². The Kier molecular flexibility index (Phi) is 6.06. The van der Waals surface area contributed by atoms with Gasteiger partial charge < -0.3 is 9.47 Å². The molecule has 5 nitrogen and oxygen atoms in total. The molecule has 0 amide bonds. The van der Waals surface area contributed by atoms with Crippen molar-refractivity contribution in [1.29, 1.82) is 5.26 Å². The average Bonchev–Trinajstić information content (AvgIpc) is 2.75. The third-order valence-corrected chi connectivity index (χ3v) is 4.34. The van der Waals surface area contributed by atoms with Gasteiger partial charge in [0.25, 0.3) is 0 Å². The molecule has 0 aliphatic heterocycles. The number of benzene rings is 2. The molecule has 0 N–H and O–H groups in total. The summed E-state index contributed by atoms with van der Waals surface area (Å²) >= 11 is 0. The minimum atomic E-state index is -0.465. The van der Waals surface area contributed by atoms with Crippen molar-refractivity contribution in [1.82, 2.24) is 0 Å². The minimum Gasteiger partial charge on any atom is -0.428 e. The van der Waals surface area contributed by atoms with E-state index in [1.54, 1.807) is 43.3 Å². The summed E-state index contributed by atoms with van der Waals surface area (Å²) in [4.78, 5) is 23.9. The Morgan fingerprint density at radius 1 is 0.897 bits per heavy atom. The van der Waals surface area contributed by atoms with E-state index >= 15 is 0 Å². The van der Waals surface area contributed by atoms with E-state index in [4.69, 9.17) is 14.7 Å². The number of rotatable bonds is 5. The molecule has 1 aliphatic carbocycles. The summed E-state index contributed by atoms with van der Waals surface area (Å²) in [7, 11) is 0. The lowest BCUT2D eigenvalue weighted by Crippen LogP contribution is -2.10. The smallest absolute Gasteiger partial charge is 0.343 e. The predicted octanol–water partition coefficient (Wildman–Crippen LogP) is 5.06. The Bertz CT molecular complexity index is 1050. The topological polar surface area (TPSA) is 76.4 Å². The van der Waals surface area contributed by atoms with Crippen LogP contribution in [0.4, 0.5) is 0 Å². The van der Waals surface area contributed by atoms with Gasteiger partial charge in [0.1, 0.15) is 11.5 Å². The van der Waals surface area contributed by atoms with Gasteiger partial charge in [-0.15, -0.1) is 0 Å². The van der Waals surface area contributed by atoms with E-state index in [1.165, 1.54) is 0 Å². The zero-order valence-corrected chi connectivity index (χ0v) is 16.0. The van der Waals surface area contributed by atoms with Crippen LogP contribution in [0.3, 0.4) is 0 Å². The van der Waals surface area contributed by atoms with Crippen molar-refractivity contribution in [3.8, 4) is 17.2 Å². The molecule has 2 aromatic rings. The number of nitriles is 1. The molecule has 0 saturated heterocycles. The Labute approximate surface area is 169 Å². The second-order valence-electron chi connectivity index (χ2n) is 6.59. The molecule has 0 saturated carbocycles. The molecule has 0 unspecified atom stereocenters. The van der Waals surface area contributed by atoms with Crippen LogP contribution >= 0.6 is 0 Å². The van der Waals surface area contributed by atoms with Crippen molar-refractivity contribution in [2.75, 3.05) is 0 Å². The number of esters is 2. The van der Waals surface area contributed by atoms with Crippen LogP contribution in [-0.4, -0.2) is 11.9 Å². The highest BCUT2D eigenvalue weighted by Crippen LogP contribution is 2.24. The Balaban J connectivity index is 1.63. The predicted molar refractivity (Wildman–Crippen MR) is 108 cm³/mol. The van der Waals surface area contributed by atoms with Gasteiger partial charge in [0.15, 0.2) is 0 Å². The molecule has 0 atom stereocenters. The third kappa shape index (κ3) is 5.08. The minimum absolute atomic E-state index is 0.330. The van der Waals surface area contributed by atoms with E-state index in [-0.39, 0.29) is 0 Å². The van der Waals surface area contributed by atoms with Gasteiger partial charge in [-0.05, 0) is 54.5 Å². The first-order valence-electron chi connectivity index (χ1n) is 9.06. The number of ether oxygens (including phenoxy) is 2. The van der Waals surface area contributed by atoms with Crippen LogP contribution in [0.15, 0.2) is 84.4 Å². The molecule has 1 aliphatic rings. The van der Waals surface area contributed by atoms with Gasteiger partial charge in [0.05, 0.1) is 17.2 Å². The summed E-state index contributed by atoms with van der Waals surface area (Å²) in [5.41, 5.74) is 3.26. The Hall–Kier alpha value is -3.91. The first-order valence-corrected chi connectivity index (χ1v) is 9.06. The van der Waals surface area contributed by atoms with Gasteiger partial charge >= 0.3 is 11.9 Å². The summed E-state index contributed by atoms with van der Waals surface area (Å²) in [5, 5.41) is 8.87. The van der Waals surface area contributed by atoms with Crippen molar-refractivity contribution in [2.45, 2.75) is 19.8 Å². The normalized spacial score (nSPS) is 12.8. The van der Waals surface area contributed by atoms with Crippen molar-refractivity contribution in [2.24, 2.45) is 0 Å². The number of hydrogen-bond donors (Lipinski definition) is 0. The number of nitrogens with zero attached hydrogens (tertiary/aromatic N) is 1. The van der Waals surface area contributed by atoms with Gasteiger partial charge in [-0.1, -0.05) is 30.8 Å². The SMILES string of the molecule is C=C(C)C(=O)OC1=CC=C(OC(=O)c2ccc(-c3ccc(C#N)cc3)cc2)CC1. The van der Waals surface area contributed by atoms with Crippen molar-refractivity contribution >= 4 is 11.9 Å². The van der Waals surface area contributed by atoms with Crippen LogP contribution < -0.4 is 0 Å². The van der Waals surface area contributed by atoms with E-state index in [2.05, 4.69) is 12.6 Å². The van der Waals surface area contributed by atoms with E-state index < -0.39 is 11.9 Å². The van der Waals surface area contributed by atoms with Gasteiger partial charge in [0.2, 0.25) is 0 Å². The Morgan fingerprint density at radius 2 is 1.41 bits per heavy atom. The van der Waals surface area contributed by atoms with Crippen LogP contribution in [0.1, 0.15) is 35.7 Å². The molecule has 0 bridgehead atoms.